The van der Waals surface area contributed by atoms with Crippen LogP contribution in [0.2, 0.25) is 5.02 Å². The van der Waals surface area contributed by atoms with Crippen LogP contribution < -0.4 is 15.4 Å². The molecular formula is C18H25ClN6O2. The third-order valence-electron chi connectivity index (χ3n) is 5.18. The van der Waals surface area contributed by atoms with Crippen molar-refractivity contribution < 1.29 is 9.47 Å². The standard InChI is InChI=1S/C18H25ClN6O2/c1-10-9-26-6-5-14(10)25-12(3)15-17(24-25)27-7-4-11(2)21-16-13(19)8-20-18(22-15)23-16/h8,10-11,14H,4-7,9H2,1-3H3,(H2,20,21,22,23)/t10?,11-,14?/m1/s1. The highest BCUT2D eigenvalue weighted by Crippen LogP contribution is 2.36. The fourth-order valence-corrected chi connectivity index (χ4v) is 3.72. The predicted octanol–water partition coefficient (Wildman–Crippen LogP) is 3.56. The zero-order chi connectivity index (χ0) is 19.0. The van der Waals surface area contributed by atoms with Gasteiger partial charge < -0.3 is 20.1 Å². The van der Waals surface area contributed by atoms with Crippen LogP contribution in [0.25, 0.3) is 0 Å². The molecule has 1 fully saturated rings. The maximum atomic E-state index is 6.23. The molecule has 146 valence electrons. The van der Waals surface area contributed by atoms with E-state index in [0.717, 1.165) is 37.4 Å². The molecule has 4 rings (SSSR count). The van der Waals surface area contributed by atoms with Crippen molar-refractivity contribution in [3.05, 3.63) is 16.9 Å². The number of aromatic nitrogens is 4. The third-order valence-corrected chi connectivity index (χ3v) is 5.46. The Bertz CT molecular complexity index is 826. The van der Waals surface area contributed by atoms with Gasteiger partial charge in [0.2, 0.25) is 5.95 Å². The van der Waals surface area contributed by atoms with E-state index in [9.17, 15) is 0 Å². The molecule has 27 heavy (non-hydrogen) atoms. The highest BCUT2D eigenvalue weighted by molar-refractivity contribution is 6.32. The number of fused-ring (bicyclic) bond motifs is 3. The molecule has 0 spiro atoms. The summed E-state index contributed by atoms with van der Waals surface area (Å²) in [5.41, 5.74) is 1.81. The molecule has 0 aromatic carbocycles. The van der Waals surface area contributed by atoms with Crippen molar-refractivity contribution in [2.45, 2.75) is 45.7 Å². The molecule has 3 atom stereocenters. The molecule has 0 amide bonds. The second kappa shape index (κ2) is 7.52. The maximum absolute atomic E-state index is 6.23. The molecule has 2 unspecified atom stereocenters. The molecule has 2 bridgehead atoms. The molecule has 9 heteroatoms. The average molecular weight is 393 g/mol. The van der Waals surface area contributed by atoms with Crippen molar-refractivity contribution in [2.75, 3.05) is 30.5 Å². The summed E-state index contributed by atoms with van der Waals surface area (Å²) < 4.78 is 13.7. The molecule has 4 heterocycles. The van der Waals surface area contributed by atoms with E-state index in [0.29, 0.717) is 35.2 Å². The number of nitrogens with one attached hydrogen (secondary N) is 2. The summed E-state index contributed by atoms with van der Waals surface area (Å²) in [6, 6.07) is 0.442. The van der Waals surface area contributed by atoms with Gasteiger partial charge in [0.25, 0.3) is 5.88 Å². The minimum absolute atomic E-state index is 0.158. The van der Waals surface area contributed by atoms with E-state index in [2.05, 4.69) is 39.1 Å². The predicted molar refractivity (Wildman–Crippen MR) is 104 cm³/mol. The summed E-state index contributed by atoms with van der Waals surface area (Å²) in [6.07, 6.45) is 3.34. The van der Waals surface area contributed by atoms with Crippen molar-refractivity contribution in [2.24, 2.45) is 5.92 Å². The van der Waals surface area contributed by atoms with E-state index in [-0.39, 0.29) is 12.1 Å². The summed E-state index contributed by atoms with van der Waals surface area (Å²) in [6.45, 7) is 8.35. The second-order valence-electron chi connectivity index (χ2n) is 7.32. The van der Waals surface area contributed by atoms with Crippen LogP contribution in [0.5, 0.6) is 5.88 Å². The number of anilines is 3. The number of nitrogens with zero attached hydrogens (tertiary/aromatic N) is 4. The molecule has 2 aliphatic heterocycles. The third kappa shape index (κ3) is 3.68. The van der Waals surface area contributed by atoms with Crippen LogP contribution >= 0.6 is 11.6 Å². The van der Waals surface area contributed by atoms with Crippen LogP contribution in [0.4, 0.5) is 17.5 Å². The van der Waals surface area contributed by atoms with Gasteiger partial charge in [-0.25, -0.2) is 4.98 Å². The minimum atomic E-state index is 0.158. The summed E-state index contributed by atoms with van der Waals surface area (Å²) >= 11 is 6.23. The van der Waals surface area contributed by atoms with E-state index in [4.69, 9.17) is 26.2 Å². The van der Waals surface area contributed by atoms with Crippen LogP contribution in [0.1, 0.15) is 38.4 Å². The normalized spacial score (nSPS) is 25.4. The topological polar surface area (TPSA) is 86.1 Å². The molecule has 2 aliphatic rings. The van der Waals surface area contributed by atoms with Gasteiger partial charge in [-0.2, -0.15) is 4.98 Å². The first kappa shape index (κ1) is 18.3. The molecule has 8 nitrogen and oxygen atoms in total. The van der Waals surface area contributed by atoms with Gasteiger partial charge >= 0.3 is 0 Å². The first-order valence-corrected chi connectivity index (χ1v) is 9.76. The van der Waals surface area contributed by atoms with Gasteiger partial charge in [0, 0.05) is 25.0 Å². The monoisotopic (exact) mass is 392 g/mol. The van der Waals surface area contributed by atoms with Crippen molar-refractivity contribution in [1.29, 1.82) is 0 Å². The molecule has 2 N–H and O–H groups in total. The molecule has 2 aromatic rings. The smallest absolute Gasteiger partial charge is 0.257 e. The van der Waals surface area contributed by atoms with Crippen molar-refractivity contribution >= 4 is 29.1 Å². The molecular weight excluding hydrogens is 368 g/mol. The number of rotatable bonds is 1. The number of halogens is 1. The Balaban J connectivity index is 1.73. The molecule has 0 saturated carbocycles. The first-order chi connectivity index (χ1) is 13.0. The zero-order valence-corrected chi connectivity index (χ0v) is 16.6. The van der Waals surface area contributed by atoms with Crippen LogP contribution in [-0.2, 0) is 4.74 Å². The van der Waals surface area contributed by atoms with Crippen molar-refractivity contribution in [1.82, 2.24) is 19.7 Å². The van der Waals surface area contributed by atoms with Crippen molar-refractivity contribution in [3.63, 3.8) is 0 Å². The van der Waals surface area contributed by atoms with Gasteiger partial charge in [0.15, 0.2) is 5.82 Å². The highest BCUT2D eigenvalue weighted by Gasteiger charge is 2.29. The van der Waals surface area contributed by atoms with Gasteiger partial charge in [0.1, 0.15) is 10.7 Å². The second-order valence-corrected chi connectivity index (χ2v) is 7.72. The Morgan fingerprint density at radius 2 is 2.11 bits per heavy atom. The molecule has 1 saturated heterocycles. The van der Waals surface area contributed by atoms with Crippen molar-refractivity contribution in [3.8, 4) is 5.88 Å². The van der Waals surface area contributed by atoms with Gasteiger partial charge in [-0.15, -0.1) is 5.10 Å². The van der Waals surface area contributed by atoms with Crippen LogP contribution in [0.3, 0.4) is 0 Å². The lowest BCUT2D eigenvalue weighted by atomic mass is 9.98. The quantitative estimate of drug-likeness (QED) is 0.767. The lowest BCUT2D eigenvalue weighted by Gasteiger charge is -2.29. The Morgan fingerprint density at radius 1 is 1.26 bits per heavy atom. The maximum Gasteiger partial charge on any atom is 0.257 e. The SMILES string of the molecule is Cc1c2c(nn1C1CCOCC1C)OCC[C@@H](C)Nc1nc(ncc1Cl)N2. The molecule has 2 aromatic heterocycles. The Morgan fingerprint density at radius 3 is 2.93 bits per heavy atom. The van der Waals surface area contributed by atoms with Gasteiger partial charge in [-0.1, -0.05) is 18.5 Å². The van der Waals surface area contributed by atoms with E-state index in [1.807, 2.05) is 6.92 Å². The van der Waals surface area contributed by atoms with Gasteiger partial charge in [0.05, 0.1) is 31.1 Å². The van der Waals surface area contributed by atoms with E-state index in [1.165, 1.54) is 0 Å². The van der Waals surface area contributed by atoms with Crippen LogP contribution in [0.15, 0.2) is 6.20 Å². The van der Waals surface area contributed by atoms with E-state index in [1.54, 1.807) is 6.20 Å². The van der Waals surface area contributed by atoms with E-state index >= 15 is 0 Å². The number of hydrogen-bond acceptors (Lipinski definition) is 7. The largest absolute Gasteiger partial charge is 0.475 e. The summed E-state index contributed by atoms with van der Waals surface area (Å²) in [4.78, 5) is 8.83. The number of hydrogen-bond donors (Lipinski definition) is 2. The van der Waals surface area contributed by atoms with Gasteiger partial charge in [-0.05, 0) is 20.3 Å². The van der Waals surface area contributed by atoms with Crippen LogP contribution in [0, 0.1) is 12.8 Å². The Hall–Kier alpha value is -2.06. The fourth-order valence-electron chi connectivity index (χ4n) is 3.57. The summed E-state index contributed by atoms with van der Waals surface area (Å²) in [5.74, 6) is 2.05. The molecule has 0 radical (unpaired) electrons. The summed E-state index contributed by atoms with van der Waals surface area (Å²) in [5, 5.41) is 11.9. The lowest BCUT2D eigenvalue weighted by molar-refractivity contribution is 0.0240. The lowest BCUT2D eigenvalue weighted by Crippen LogP contribution is -2.29. The highest BCUT2D eigenvalue weighted by atomic mass is 35.5. The first-order valence-electron chi connectivity index (χ1n) is 9.38. The fraction of sp³-hybridized carbons (Fsp3) is 0.611. The zero-order valence-electron chi connectivity index (χ0n) is 15.8. The Kier molecular flexibility index (Phi) is 5.10. The Labute approximate surface area is 163 Å². The molecule has 0 aliphatic carbocycles. The van der Waals surface area contributed by atoms with E-state index < -0.39 is 0 Å². The minimum Gasteiger partial charge on any atom is -0.475 e. The van der Waals surface area contributed by atoms with Crippen LogP contribution in [-0.4, -0.2) is 45.6 Å². The summed E-state index contributed by atoms with van der Waals surface area (Å²) in [7, 11) is 0. The number of ether oxygens (including phenoxy) is 2. The van der Waals surface area contributed by atoms with Gasteiger partial charge in [-0.3, -0.25) is 4.68 Å². The average Bonchev–Trinajstić information content (AvgIpc) is 2.93.